The predicted octanol–water partition coefficient (Wildman–Crippen LogP) is 10.3. The summed E-state index contributed by atoms with van der Waals surface area (Å²) in [6.45, 7) is 11.9. The van der Waals surface area contributed by atoms with Crippen LogP contribution >= 0.6 is 47.8 Å². The van der Waals surface area contributed by atoms with E-state index in [2.05, 4.69) is 94.0 Å². The number of unbranched alkanes of at least 4 members (excludes halogenated alkanes) is 1. The highest BCUT2D eigenvalue weighted by atomic mass is 79.9. The largest absolute Gasteiger partial charge is 0.506 e. The molecule has 1 aliphatic carbocycles. The zero-order valence-electron chi connectivity index (χ0n) is 41.8. The monoisotopic (exact) mass is 1200 g/mol. The maximum atomic E-state index is 14.2. The molecule has 2 amide bonds. The number of aliphatic hydroxyl groups excluding tert-OH is 1. The van der Waals surface area contributed by atoms with Gasteiger partial charge in [0.05, 0.1) is 72.5 Å². The minimum atomic E-state index is -0.516. The number of ketones is 1. The second-order valence-electron chi connectivity index (χ2n) is 18.3. The predicted molar refractivity (Wildman–Crippen MR) is 306 cm³/mol. The van der Waals surface area contributed by atoms with Gasteiger partial charge >= 0.3 is 0 Å². The molecule has 19 heteroatoms. The summed E-state index contributed by atoms with van der Waals surface area (Å²) in [6.07, 6.45) is 10.2. The van der Waals surface area contributed by atoms with Gasteiger partial charge in [0, 0.05) is 94.9 Å². The third-order valence-electron chi connectivity index (χ3n) is 13.0. The first-order valence-electron chi connectivity index (χ1n) is 25.3. The number of benzene rings is 4. The van der Waals surface area contributed by atoms with Gasteiger partial charge < -0.3 is 35.4 Å². The Kier molecular flexibility index (Phi) is 19.5. The van der Waals surface area contributed by atoms with Crippen molar-refractivity contribution in [1.82, 2.24) is 15.0 Å². The van der Waals surface area contributed by atoms with Crippen LogP contribution in [0.25, 0.3) is 5.57 Å². The van der Waals surface area contributed by atoms with Crippen LogP contribution in [0.2, 0.25) is 0 Å². The molecular weight excluding hydrogens is 1140 g/mol. The van der Waals surface area contributed by atoms with Gasteiger partial charge in [-0.25, -0.2) is 5.01 Å². The zero-order chi connectivity index (χ0) is 52.0. The van der Waals surface area contributed by atoms with Gasteiger partial charge in [-0.05, 0) is 137 Å². The van der Waals surface area contributed by atoms with E-state index in [-0.39, 0.29) is 28.2 Å². The summed E-state index contributed by atoms with van der Waals surface area (Å²) in [5.41, 5.74) is 6.03. The SMILES string of the molecule is CCCCN1N=C(C)C(=C2C(=O)C(c3ccc(N(CCOCCNc4ccc(/C=N/N5CCCC5)cc4)CCOCCNc4ccc(/C=N/N5CCCC5)cc4)cc3NC(=O)c3c(Br)cc(Br)cc3Br)=C2O)C1=O. The zero-order valence-corrected chi connectivity index (χ0v) is 46.6. The number of Topliss-reactive ketones (excluding diaryl/α,β-unsaturated/α-hetero) is 1. The lowest BCUT2D eigenvalue weighted by Gasteiger charge is -2.28. The summed E-state index contributed by atoms with van der Waals surface area (Å²) in [7, 11) is 0. The highest BCUT2D eigenvalue weighted by Gasteiger charge is 2.43. The number of nitrogens with zero attached hydrogens (tertiary/aromatic N) is 7. The molecule has 4 aromatic carbocycles. The van der Waals surface area contributed by atoms with Gasteiger partial charge in [0.2, 0.25) is 5.78 Å². The normalized spacial score (nSPS) is 16.8. The van der Waals surface area contributed by atoms with Crippen LogP contribution in [0, 0.1) is 0 Å². The van der Waals surface area contributed by atoms with Crippen LogP contribution in [0.4, 0.5) is 22.7 Å². The summed E-state index contributed by atoms with van der Waals surface area (Å²) in [4.78, 5) is 43.9. The number of halogens is 3. The molecule has 16 nitrogen and oxygen atoms in total. The number of hydrogen-bond donors (Lipinski definition) is 4. The lowest BCUT2D eigenvalue weighted by atomic mass is 9.79. The van der Waals surface area contributed by atoms with Crippen LogP contribution in [0.15, 0.2) is 124 Å². The molecule has 4 N–H and O–H groups in total. The van der Waals surface area contributed by atoms with Crippen molar-refractivity contribution in [1.29, 1.82) is 0 Å². The van der Waals surface area contributed by atoms with E-state index in [0.717, 1.165) is 66.0 Å². The molecule has 3 heterocycles. The van der Waals surface area contributed by atoms with E-state index in [4.69, 9.17) is 9.47 Å². The Bertz CT molecular complexity index is 2700. The number of carbonyl (C=O) groups excluding carboxylic acids is 3. The Balaban J connectivity index is 0.972. The molecule has 0 spiro atoms. The molecule has 0 aromatic heterocycles. The third kappa shape index (κ3) is 14.1. The van der Waals surface area contributed by atoms with E-state index in [9.17, 15) is 19.5 Å². The van der Waals surface area contributed by atoms with Crippen molar-refractivity contribution in [2.24, 2.45) is 15.3 Å². The molecule has 8 rings (SSSR count). The number of carbonyl (C=O) groups is 3. The lowest BCUT2D eigenvalue weighted by molar-refractivity contribution is -0.126. The van der Waals surface area contributed by atoms with Crippen molar-refractivity contribution in [2.75, 3.05) is 106 Å². The molecule has 3 aliphatic heterocycles. The van der Waals surface area contributed by atoms with Crippen molar-refractivity contribution in [3.05, 3.63) is 131 Å². The van der Waals surface area contributed by atoms with Crippen LogP contribution < -0.4 is 20.9 Å². The Morgan fingerprint density at radius 2 is 1.28 bits per heavy atom. The summed E-state index contributed by atoms with van der Waals surface area (Å²) >= 11 is 10.6. The van der Waals surface area contributed by atoms with Crippen molar-refractivity contribution in [3.8, 4) is 0 Å². The number of anilines is 4. The first kappa shape index (κ1) is 54.4. The standard InChI is InChI=1S/C55H63Br3N10O6/c1-3-4-25-68-55(72)48(37(2)64-68)51-52(69)49(53(51)70)44-18-17-43(34-47(44)63-54(71)50-45(57)32-40(56)33-46(50)58)65(26-30-73-28-19-59-41-13-9-38(10-14-41)35-61-66-21-5-6-22-66)27-31-74-29-20-60-42-15-11-39(12-16-42)36-62-67-23-7-8-24-67/h9-18,32-36,59-60,69H,3-8,19-31H2,1-2H3,(H,63,71)/b51-48?,61-35+,62-36+. The van der Waals surface area contributed by atoms with Gasteiger partial charge in [-0.2, -0.15) is 15.3 Å². The van der Waals surface area contributed by atoms with Gasteiger partial charge in [-0.1, -0.05) is 53.5 Å². The van der Waals surface area contributed by atoms with Gasteiger partial charge in [0.25, 0.3) is 11.8 Å². The highest BCUT2D eigenvalue weighted by Crippen LogP contribution is 2.43. The van der Waals surface area contributed by atoms with E-state index in [1.165, 1.54) is 30.7 Å². The Hall–Kier alpha value is -5.86. The van der Waals surface area contributed by atoms with Crippen molar-refractivity contribution in [3.63, 3.8) is 0 Å². The Morgan fingerprint density at radius 1 is 0.743 bits per heavy atom. The van der Waals surface area contributed by atoms with Crippen LogP contribution in [-0.2, 0) is 19.1 Å². The highest BCUT2D eigenvalue weighted by molar-refractivity contribution is 9.11. The molecule has 0 unspecified atom stereocenters. The molecule has 2 saturated heterocycles. The number of allylic oxidation sites excluding steroid dienone is 2. The number of amides is 2. The minimum absolute atomic E-state index is 0.0104. The fourth-order valence-electron chi connectivity index (χ4n) is 8.95. The minimum Gasteiger partial charge on any atom is -0.506 e. The van der Waals surface area contributed by atoms with Crippen molar-refractivity contribution >= 4 is 112 Å². The van der Waals surface area contributed by atoms with E-state index < -0.39 is 17.6 Å². The first-order chi connectivity index (χ1) is 36.0. The summed E-state index contributed by atoms with van der Waals surface area (Å²) in [6, 6.07) is 25.2. The van der Waals surface area contributed by atoms with Gasteiger partial charge in [-0.15, -0.1) is 0 Å². The number of rotatable bonds is 25. The molecule has 0 radical (unpaired) electrons. The van der Waals surface area contributed by atoms with E-state index in [0.29, 0.717) is 90.6 Å². The molecular formula is C55H63Br3N10O6. The average molecular weight is 1200 g/mol. The fraction of sp³-hybridized carbons (Fsp3) is 0.382. The molecule has 0 bridgehead atoms. The number of ether oxygens (including phenoxy) is 2. The maximum Gasteiger partial charge on any atom is 0.276 e. The number of hydrogen-bond acceptors (Lipinski definition) is 14. The van der Waals surface area contributed by atoms with Crippen LogP contribution in [0.5, 0.6) is 0 Å². The quantitative estimate of drug-likeness (QED) is 0.0282. The van der Waals surface area contributed by atoms with Crippen molar-refractivity contribution < 1.29 is 29.0 Å². The van der Waals surface area contributed by atoms with Crippen molar-refractivity contribution in [2.45, 2.75) is 52.4 Å². The Morgan fingerprint density at radius 3 is 1.80 bits per heavy atom. The van der Waals surface area contributed by atoms with Gasteiger partial charge in [0.15, 0.2) is 0 Å². The van der Waals surface area contributed by atoms with Gasteiger partial charge in [0.1, 0.15) is 5.76 Å². The summed E-state index contributed by atoms with van der Waals surface area (Å²) in [5, 5.41) is 40.7. The summed E-state index contributed by atoms with van der Waals surface area (Å²) in [5.74, 6) is -1.73. The fourth-order valence-corrected chi connectivity index (χ4v) is 11.6. The molecule has 390 valence electrons. The molecule has 0 saturated carbocycles. The topological polar surface area (TPSA) is 176 Å². The molecule has 4 aliphatic rings. The number of nitrogens with one attached hydrogen (secondary N) is 3. The maximum absolute atomic E-state index is 14.2. The molecule has 74 heavy (non-hydrogen) atoms. The number of aliphatic hydroxyl groups is 1. The lowest BCUT2D eigenvalue weighted by Crippen LogP contribution is -2.32. The second kappa shape index (κ2) is 26.6. The van der Waals surface area contributed by atoms with Crippen LogP contribution in [0.3, 0.4) is 0 Å². The summed E-state index contributed by atoms with van der Waals surface area (Å²) < 4.78 is 14.2. The molecule has 0 atom stereocenters. The van der Waals surface area contributed by atoms with E-state index >= 15 is 0 Å². The second-order valence-corrected chi connectivity index (χ2v) is 20.9. The number of hydrazone groups is 3. The van der Waals surface area contributed by atoms with Gasteiger partial charge in [-0.3, -0.25) is 24.4 Å². The first-order valence-corrected chi connectivity index (χ1v) is 27.7. The average Bonchev–Trinajstić information content (AvgIpc) is 4.19. The van der Waals surface area contributed by atoms with E-state index in [1.807, 2.05) is 74.0 Å². The third-order valence-corrected chi connectivity index (χ3v) is 14.7. The van der Waals surface area contributed by atoms with E-state index in [1.54, 1.807) is 31.2 Å². The van der Waals surface area contributed by atoms with Crippen LogP contribution in [-0.4, -0.2) is 141 Å². The smallest absolute Gasteiger partial charge is 0.276 e. The Labute approximate surface area is 458 Å². The molecule has 4 aromatic rings. The van der Waals surface area contributed by atoms with Crippen LogP contribution in [0.1, 0.15) is 79.4 Å². The molecule has 2 fully saturated rings.